The molecule has 11 heteroatoms. The summed E-state index contributed by atoms with van der Waals surface area (Å²) in [6, 6.07) is 14.9. The standard InChI is InChI=1S/C25H24N4O5S2/c1-4-34-20-7-5-6-19(14-20)29-24(31)22(23(30)27-25(29)35)13-17-12-15(2)28(16(17)3)18-8-10-21(11-9-18)36(26,32)33/h5-14H,4H2,1-3H3,(H2,26,32,33)(H,27,30,35)/b22-13+. The van der Waals surface area contributed by atoms with E-state index in [0.717, 1.165) is 11.4 Å². The van der Waals surface area contributed by atoms with Gasteiger partial charge in [0.15, 0.2) is 5.11 Å². The largest absolute Gasteiger partial charge is 0.494 e. The zero-order valence-electron chi connectivity index (χ0n) is 19.8. The van der Waals surface area contributed by atoms with Gasteiger partial charge in [-0.15, -0.1) is 0 Å². The number of ether oxygens (including phenoxy) is 1. The van der Waals surface area contributed by atoms with Gasteiger partial charge in [0.25, 0.3) is 11.8 Å². The van der Waals surface area contributed by atoms with Crippen LogP contribution in [0.25, 0.3) is 11.8 Å². The molecule has 36 heavy (non-hydrogen) atoms. The molecule has 0 unspecified atom stereocenters. The van der Waals surface area contributed by atoms with Crippen molar-refractivity contribution >= 4 is 50.9 Å². The highest BCUT2D eigenvalue weighted by molar-refractivity contribution is 7.89. The Morgan fingerprint density at radius 1 is 1.06 bits per heavy atom. The van der Waals surface area contributed by atoms with Crippen molar-refractivity contribution in [3.8, 4) is 11.4 Å². The number of anilines is 1. The van der Waals surface area contributed by atoms with E-state index in [2.05, 4.69) is 5.32 Å². The molecular formula is C25H24N4O5S2. The molecule has 9 nitrogen and oxygen atoms in total. The summed E-state index contributed by atoms with van der Waals surface area (Å²) in [6.07, 6.45) is 1.52. The number of carbonyl (C=O) groups excluding carboxylic acids is 2. The van der Waals surface area contributed by atoms with Crippen molar-refractivity contribution in [1.29, 1.82) is 0 Å². The van der Waals surface area contributed by atoms with E-state index in [1.807, 2.05) is 31.4 Å². The first-order chi connectivity index (χ1) is 17.0. The van der Waals surface area contributed by atoms with Crippen LogP contribution in [0.2, 0.25) is 0 Å². The number of primary sulfonamides is 1. The van der Waals surface area contributed by atoms with E-state index in [1.165, 1.54) is 23.1 Å². The first-order valence-electron chi connectivity index (χ1n) is 11.0. The molecule has 2 aromatic carbocycles. The van der Waals surface area contributed by atoms with Crippen LogP contribution in [0.1, 0.15) is 23.9 Å². The van der Waals surface area contributed by atoms with E-state index >= 15 is 0 Å². The summed E-state index contributed by atoms with van der Waals surface area (Å²) in [4.78, 5) is 27.4. The van der Waals surface area contributed by atoms with Crippen molar-refractivity contribution in [2.45, 2.75) is 25.7 Å². The number of aromatic nitrogens is 1. The number of hydrogen-bond donors (Lipinski definition) is 2. The quantitative estimate of drug-likeness (QED) is 0.290. The van der Waals surface area contributed by atoms with E-state index in [0.29, 0.717) is 29.3 Å². The van der Waals surface area contributed by atoms with E-state index in [-0.39, 0.29) is 15.6 Å². The Balaban J connectivity index is 1.72. The lowest BCUT2D eigenvalue weighted by Crippen LogP contribution is -2.54. The SMILES string of the molecule is CCOc1cccc(N2C(=O)/C(=C/c3cc(C)n(-c4ccc(S(N)(=O)=O)cc4)c3C)C(=O)NC2=S)c1. The first-order valence-corrected chi connectivity index (χ1v) is 12.9. The maximum atomic E-state index is 13.4. The second kappa shape index (κ2) is 9.69. The molecule has 1 aromatic heterocycles. The van der Waals surface area contributed by atoms with E-state index in [1.54, 1.807) is 36.4 Å². The average molecular weight is 525 g/mol. The number of thiocarbonyl (C=S) groups is 1. The summed E-state index contributed by atoms with van der Waals surface area (Å²) in [6.45, 7) is 6.03. The monoisotopic (exact) mass is 524 g/mol. The molecule has 0 radical (unpaired) electrons. The Hall–Kier alpha value is -3.80. The van der Waals surface area contributed by atoms with Crippen LogP contribution < -0.4 is 20.1 Å². The van der Waals surface area contributed by atoms with Crippen molar-refractivity contribution in [3.05, 3.63) is 77.1 Å². The summed E-state index contributed by atoms with van der Waals surface area (Å²) >= 11 is 5.29. The van der Waals surface area contributed by atoms with Crippen molar-refractivity contribution in [2.75, 3.05) is 11.5 Å². The number of carbonyl (C=O) groups is 2. The fourth-order valence-electron chi connectivity index (χ4n) is 4.04. The highest BCUT2D eigenvalue weighted by atomic mass is 32.2. The molecule has 0 saturated carbocycles. The molecular weight excluding hydrogens is 500 g/mol. The number of nitrogens with one attached hydrogen (secondary N) is 1. The molecule has 2 amide bonds. The molecule has 1 fully saturated rings. The molecule has 0 spiro atoms. The lowest BCUT2D eigenvalue weighted by Gasteiger charge is -2.29. The molecule has 0 atom stereocenters. The summed E-state index contributed by atoms with van der Waals surface area (Å²) in [7, 11) is -3.81. The predicted octanol–water partition coefficient (Wildman–Crippen LogP) is 2.97. The Labute approximate surface area is 214 Å². The van der Waals surface area contributed by atoms with Crippen molar-refractivity contribution in [2.24, 2.45) is 5.14 Å². The molecule has 3 aromatic rings. The number of benzene rings is 2. The van der Waals surface area contributed by atoms with Gasteiger partial charge in [0.05, 0.1) is 17.2 Å². The van der Waals surface area contributed by atoms with E-state index < -0.39 is 21.8 Å². The Kier molecular flexibility index (Phi) is 6.81. The number of hydrogen-bond acceptors (Lipinski definition) is 6. The third kappa shape index (κ3) is 4.81. The minimum atomic E-state index is -3.81. The van der Waals surface area contributed by atoms with Gasteiger partial charge < -0.3 is 9.30 Å². The Morgan fingerprint density at radius 3 is 2.39 bits per heavy atom. The van der Waals surface area contributed by atoms with Crippen LogP contribution >= 0.6 is 12.2 Å². The van der Waals surface area contributed by atoms with Gasteiger partial charge in [-0.25, -0.2) is 13.6 Å². The lowest BCUT2D eigenvalue weighted by molar-refractivity contribution is -0.122. The number of nitrogens with zero attached hydrogens (tertiary/aromatic N) is 2. The highest BCUT2D eigenvalue weighted by Crippen LogP contribution is 2.28. The fourth-order valence-corrected chi connectivity index (χ4v) is 4.84. The van der Waals surface area contributed by atoms with Crippen LogP contribution in [0, 0.1) is 13.8 Å². The molecule has 1 aliphatic rings. The molecule has 1 saturated heterocycles. The van der Waals surface area contributed by atoms with E-state index in [9.17, 15) is 18.0 Å². The van der Waals surface area contributed by atoms with Crippen molar-refractivity contribution in [1.82, 2.24) is 9.88 Å². The molecule has 0 aliphatic carbocycles. The zero-order valence-corrected chi connectivity index (χ0v) is 21.4. The maximum Gasteiger partial charge on any atom is 0.270 e. The van der Waals surface area contributed by atoms with E-state index in [4.69, 9.17) is 22.1 Å². The topological polar surface area (TPSA) is 124 Å². The van der Waals surface area contributed by atoms with Gasteiger partial charge in [0, 0.05) is 23.1 Å². The maximum absolute atomic E-state index is 13.4. The summed E-state index contributed by atoms with van der Waals surface area (Å²) in [5.41, 5.74) is 3.33. The third-order valence-corrected chi connectivity index (χ3v) is 6.90. The average Bonchev–Trinajstić information content (AvgIpc) is 3.09. The molecule has 2 heterocycles. The van der Waals surface area contributed by atoms with Gasteiger partial charge in [0.1, 0.15) is 11.3 Å². The number of amides is 2. The minimum absolute atomic E-state index is 0.00462. The molecule has 0 bridgehead atoms. The van der Waals surface area contributed by atoms with Gasteiger partial charge in [-0.3, -0.25) is 19.8 Å². The Morgan fingerprint density at radius 2 is 1.75 bits per heavy atom. The smallest absolute Gasteiger partial charge is 0.270 e. The second-order valence-corrected chi connectivity index (χ2v) is 10.0. The highest BCUT2D eigenvalue weighted by Gasteiger charge is 2.35. The molecule has 4 rings (SSSR count). The predicted molar refractivity (Wildman–Crippen MR) is 140 cm³/mol. The molecule has 1 aliphatic heterocycles. The summed E-state index contributed by atoms with van der Waals surface area (Å²) in [5.74, 6) is -0.575. The zero-order chi connectivity index (χ0) is 26.2. The van der Waals surface area contributed by atoms with Gasteiger partial charge in [-0.2, -0.15) is 0 Å². The number of aryl methyl sites for hydroxylation is 1. The summed E-state index contributed by atoms with van der Waals surface area (Å²) in [5, 5.41) is 7.76. The first kappa shape index (κ1) is 25.3. The fraction of sp³-hybridized carbons (Fsp3) is 0.160. The number of sulfonamides is 1. The van der Waals surface area contributed by atoms with Gasteiger partial charge in [-0.05, 0) is 87.1 Å². The van der Waals surface area contributed by atoms with Crippen LogP contribution in [0.3, 0.4) is 0 Å². The normalized spacial score (nSPS) is 15.4. The van der Waals surface area contributed by atoms with Crippen molar-refractivity contribution < 1.29 is 22.7 Å². The van der Waals surface area contributed by atoms with Crippen LogP contribution in [0.4, 0.5) is 5.69 Å². The van der Waals surface area contributed by atoms with Crippen LogP contribution in [0.15, 0.2) is 65.1 Å². The number of rotatable bonds is 6. The lowest BCUT2D eigenvalue weighted by atomic mass is 10.1. The van der Waals surface area contributed by atoms with Crippen LogP contribution in [-0.4, -0.2) is 36.5 Å². The molecule has 3 N–H and O–H groups in total. The van der Waals surface area contributed by atoms with Gasteiger partial charge in [-0.1, -0.05) is 6.07 Å². The Bertz CT molecular complexity index is 1520. The van der Waals surface area contributed by atoms with Gasteiger partial charge in [0.2, 0.25) is 10.0 Å². The molecule has 186 valence electrons. The van der Waals surface area contributed by atoms with Crippen molar-refractivity contribution in [3.63, 3.8) is 0 Å². The third-order valence-electron chi connectivity index (χ3n) is 5.68. The van der Waals surface area contributed by atoms with Gasteiger partial charge >= 0.3 is 0 Å². The van der Waals surface area contributed by atoms with Crippen LogP contribution in [-0.2, 0) is 19.6 Å². The van der Waals surface area contributed by atoms with Crippen LogP contribution in [0.5, 0.6) is 5.75 Å². The second-order valence-electron chi connectivity index (χ2n) is 8.09. The minimum Gasteiger partial charge on any atom is -0.494 e. The number of nitrogens with two attached hydrogens (primary N) is 1. The summed E-state index contributed by atoms with van der Waals surface area (Å²) < 4.78 is 30.6.